The third-order valence-electron chi connectivity index (χ3n) is 3.99. The molecule has 0 spiro atoms. The molecule has 0 amide bonds. The number of rotatable bonds is 3. The highest BCUT2D eigenvalue weighted by atomic mass is 16.5. The Hall–Kier alpha value is -1.12. The van der Waals surface area contributed by atoms with Crippen molar-refractivity contribution in [3.63, 3.8) is 0 Å². The van der Waals surface area contributed by atoms with Gasteiger partial charge in [-0.15, -0.1) is 0 Å². The molecule has 2 heteroatoms. The molecule has 1 saturated heterocycles. The lowest BCUT2D eigenvalue weighted by molar-refractivity contribution is -0.0752. The third kappa shape index (κ3) is 3.26. The van der Waals surface area contributed by atoms with Crippen LogP contribution < -0.4 is 0 Å². The lowest BCUT2D eigenvalue weighted by atomic mass is 9.77. The lowest BCUT2D eigenvalue weighted by Gasteiger charge is -2.40. The van der Waals surface area contributed by atoms with Crippen molar-refractivity contribution in [3.05, 3.63) is 48.0 Å². The summed E-state index contributed by atoms with van der Waals surface area (Å²) < 4.78 is 6.13. The first-order valence-electron chi connectivity index (χ1n) is 7.01. The first-order valence-corrected chi connectivity index (χ1v) is 7.01. The lowest BCUT2D eigenvalue weighted by Crippen LogP contribution is -2.35. The number of ether oxygens (including phenoxy) is 1. The van der Waals surface area contributed by atoms with E-state index in [1.165, 1.54) is 5.56 Å². The van der Waals surface area contributed by atoms with E-state index < -0.39 is 5.60 Å². The fourth-order valence-corrected chi connectivity index (χ4v) is 2.74. The largest absolute Gasteiger partial charge is 0.386 e. The van der Waals surface area contributed by atoms with Gasteiger partial charge in [-0.3, -0.25) is 0 Å². The number of benzene rings is 1. The van der Waals surface area contributed by atoms with Crippen molar-refractivity contribution in [2.75, 3.05) is 0 Å². The molecule has 1 N–H and O–H groups in total. The molecule has 2 nitrogen and oxygen atoms in total. The van der Waals surface area contributed by atoms with E-state index in [0.29, 0.717) is 0 Å². The van der Waals surface area contributed by atoms with E-state index in [1.807, 2.05) is 18.2 Å². The SMILES string of the molecule is C=C([C@H]1CC[C@@H](C)O[C@H]1c1ccccc1)C(C)(C)O. The molecule has 0 aliphatic carbocycles. The van der Waals surface area contributed by atoms with E-state index in [2.05, 4.69) is 25.6 Å². The number of hydrogen-bond acceptors (Lipinski definition) is 2. The van der Waals surface area contributed by atoms with Crippen molar-refractivity contribution in [2.45, 2.75) is 51.4 Å². The van der Waals surface area contributed by atoms with Crippen LogP contribution >= 0.6 is 0 Å². The summed E-state index contributed by atoms with van der Waals surface area (Å²) in [5.41, 5.74) is 1.18. The highest BCUT2D eigenvalue weighted by Gasteiger charge is 2.36. The zero-order chi connectivity index (χ0) is 14.0. The van der Waals surface area contributed by atoms with Gasteiger partial charge in [0.25, 0.3) is 0 Å². The Morgan fingerprint density at radius 3 is 2.47 bits per heavy atom. The zero-order valence-electron chi connectivity index (χ0n) is 12.1. The van der Waals surface area contributed by atoms with Crippen LogP contribution in [0.25, 0.3) is 0 Å². The van der Waals surface area contributed by atoms with E-state index in [-0.39, 0.29) is 18.1 Å². The van der Waals surface area contributed by atoms with Gasteiger partial charge in [-0.1, -0.05) is 36.9 Å². The maximum atomic E-state index is 10.2. The first kappa shape index (κ1) is 14.3. The third-order valence-corrected chi connectivity index (χ3v) is 3.99. The van der Waals surface area contributed by atoms with Crippen LogP contribution in [0.15, 0.2) is 42.5 Å². The molecular formula is C17H24O2. The molecule has 1 fully saturated rings. The minimum absolute atomic E-state index is 0.00359. The van der Waals surface area contributed by atoms with Crippen molar-refractivity contribution in [3.8, 4) is 0 Å². The highest BCUT2D eigenvalue weighted by Crippen LogP contribution is 2.42. The summed E-state index contributed by atoms with van der Waals surface area (Å²) in [5.74, 6) is 0.179. The zero-order valence-corrected chi connectivity index (χ0v) is 12.1. The van der Waals surface area contributed by atoms with Gasteiger partial charge < -0.3 is 9.84 Å². The van der Waals surface area contributed by atoms with Crippen molar-refractivity contribution in [1.82, 2.24) is 0 Å². The maximum absolute atomic E-state index is 10.2. The first-order chi connectivity index (χ1) is 8.89. The molecule has 3 atom stereocenters. The average Bonchev–Trinajstić information content (AvgIpc) is 2.38. The van der Waals surface area contributed by atoms with Gasteiger partial charge in [0.15, 0.2) is 0 Å². The van der Waals surface area contributed by atoms with Crippen LogP contribution in [0.5, 0.6) is 0 Å². The summed E-state index contributed by atoms with van der Waals surface area (Å²) in [6.07, 6.45) is 2.30. The molecule has 0 radical (unpaired) electrons. The Bertz CT molecular complexity index is 430. The Labute approximate surface area is 116 Å². The fraction of sp³-hybridized carbons (Fsp3) is 0.529. The monoisotopic (exact) mass is 260 g/mol. The molecule has 1 aromatic carbocycles. The fourth-order valence-electron chi connectivity index (χ4n) is 2.74. The Balaban J connectivity index is 2.28. The highest BCUT2D eigenvalue weighted by molar-refractivity contribution is 5.24. The van der Waals surface area contributed by atoms with Crippen LogP contribution in [0.1, 0.15) is 45.3 Å². The maximum Gasteiger partial charge on any atom is 0.0894 e. The van der Waals surface area contributed by atoms with Crippen molar-refractivity contribution in [1.29, 1.82) is 0 Å². The molecule has 1 aliphatic rings. The molecular weight excluding hydrogens is 236 g/mol. The smallest absolute Gasteiger partial charge is 0.0894 e. The van der Waals surface area contributed by atoms with Gasteiger partial charge in [0.05, 0.1) is 17.8 Å². The molecule has 0 unspecified atom stereocenters. The standard InChI is InChI=1S/C17H24O2/c1-12-10-11-15(13(2)17(3,4)18)16(19-12)14-8-6-5-7-9-14/h5-9,12,15-16,18H,2,10-11H2,1,3-4H3/t12-,15-,16+/m1/s1. The van der Waals surface area contributed by atoms with E-state index in [1.54, 1.807) is 13.8 Å². The topological polar surface area (TPSA) is 29.5 Å². The van der Waals surface area contributed by atoms with Gasteiger partial charge in [-0.2, -0.15) is 0 Å². The van der Waals surface area contributed by atoms with Crippen LogP contribution in [-0.2, 0) is 4.74 Å². The molecule has 0 bridgehead atoms. The summed E-state index contributed by atoms with van der Waals surface area (Å²) in [6, 6.07) is 10.3. The van der Waals surface area contributed by atoms with Crippen molar-refractivity contribution in [2.24, 2.45) is 5.92 Å². The molecule has 1 heterocycles. The van der Waals surface area contributed by atoms with Gasteiger partial charge in [0.2, 0.25) is 0 Å². The quantitative estimate of drug-likeness (QED) is 0.836. The van der Waals surface area contributed by atoms with Crippen molar-refractivity contribution < 1.29 is 9.84 Å². The Morgan fingerprint density at radius 2 is 1.89 bits per heavy atom. The normalized spacial score (nSPS) is 28.1. The van der Waals surface area contributed by atoms with Crippen LogP contribution in [0.3, 0.4) is 0 Å². The van der Waals surface area contributed by atoms with Gasteiger partial charge in [0, 0.05) is 5.92 Å². The van der Waals surface area contributed by atoms with Crippen LogP contribution in [0, 0.1) is 5.92 Å². The molecule has 104 valence electrons. The minimum atomic E-state index is -0.859. The number of hydrogen-bond donors (Lipinski definition) is 1. The molecule has 0 aromatic heterocycles. The second-order valence-corrected chi connectivity index (χ2v) is 6.05. The molecule has 1 aromatic rings. The number of aliphatic hydroxyl groups is 1. The minimum Gasteiger partial charge on any atom is -0.386 e. The summed E-state index contributed by atoms with van der Waals surface area (Å²) in [5, 5.41) is 10.2. The molecule has 0 saturated carbocycles. The van der Waals surface area contributed by atoms with Crippen LogP contribution in [0.2, 0.25) is 0 Å². The van der Waals surface area contributed by atoms with Gasteiger partial charge in [-0.05, 0) is 44.7 Å². The summed E-state index contributed by atoms with van der Waals surface area (Å²) in [4.78, 5) is 0. The van der Waals surface area contributed by atoms with E-state index in [9.17, 15) is 5.11 Å². The van der Waals surface area contributed by atoms with Gasteiger partial charge in [-0.25, -0.2) is 0 Å². The Morgan fingerprint density at radius 1 is 1.26 bits per heavy atom. The molecule has 19 heavy (non-hydrogen) atoms. The van der Waals surface area contributed by atoms with E-state index in [4.69, 9.17) is 4.74 Å². The predicted octanol–water partition coefficient (Wildman–Crippen LogP) is 3.87. The van der Waals surface area contributed by atoms with Crippen LogP contribution in [0.4, 0.5) is 0 Å². The summed E-state index contributed by atoms with van der Waals surface area (Å²) >= 11 is 0. The summed E-state index contributed by atoms with van der Waals surface area (Å²) in [6.45, 7) is 9.83. The van der Waals surface area contributed by atoms with Crippen molar-refractivity contribution >= 4 is 0 Å². The Kier molecular flexibility index (Phi) is 4.12. The molecule has 2 rings (SSSR count). The second-order valence-electron chi connectivity index (χ2n) is 6.05. The molecule has 1 aliphatic heterocycles. The summed E-state index contributed by atoms with van der Waals surface area (Å²) in [7, 11) is 0. The average molecular weight is 260 g/mol. The predicted molar refractivity (Wildman–Crippen MR) is 77.9 cm³/mol. The van der Waals surface area contributed by atoms with Crippen LogP contribution in [-0.4, -0.2) is 16.8 Å². The van der Waals surface area contributed by atoms with E-state index in [0.717, 1.165) is 18.4 Å². The second kappa shape index (κ2) is 5.48. The van der Waals surface area contributed by atoms with Gasteiger partial charge >= 0.3 is 0 Å². The van der Waals surface area contributed by atoms with Gasteiger partial charge in [0.1, 0.15) is 0 Å². The van der Waals surface area contributed by atoms with E-state index >= 15 is 0 Å².